The summed E-state index contributed by atoms with van der Waals surface area (Å²) < 4.78 is 2.11. The van der Waals surface area contributed by atoms with Crippen molar-refractivity contribution in [2.45, 2.75) is 78.2 Å². The minimum Gasteiger partial charge on any atom is -0.481 e. The largest absolute Gasteiger partial charge is 0.481 e. The van der Waals surface area contributed by atoms with E-state index in [-0.39, 0.29) is 0 Å². The molecule has 0 saturated carbocycles. The molecule has 20 heavy (non-hydrogen) atoms. The van der Waals surface area contributed by atoms with Crippen LogP contribution in [-0.2, 0) is 11.3 Å². The summed E-state index contributed by atoms with van der Waals surface area (Å²) in [5.41, 5.74) is 2.30. The lowest BCUT2D eigenvalue weighted by Gasteiger charge is -2.01. The first kappa shape index (κ1) is 16.7. The Labute approximate surface area is 121 Å². The molecule has 1 aromatic rings. The van der Waals surface area contributed by atoms with Crippen molar-refractivity contribution in [3.63, 3.8) is 0 Å². The Balaban J connectivity index is 1.90. The van der Waals surface area contributed by atoms with Crippen molar-refractivity contribution in [3.8, 4) is 0 Å². The molecule has 0 aliphatic carbocycles. The maximum absolute atomic E-state index is 10.3. The van der Waals surface area contributed by atoms with E-state index in [0.29, 0.717) is 6.42 Å². The van der Waals surface area contributed by atoms with Crippen LogP contribution in [0.4, 0.5) is 0 Å². The lowest BCUT2D eigenvalue weighted by molar-refractivity contribution is -0.759. The molecular formula is C15H28N3O2+. The molecular weight excluding hydrogens is 254 g/mol. The minimum atomic E-state index is -0.674. The number of nitrogens with zero attached hydrogens (tertiary/aromatic N) is 2. The number of carboxylic acid groups (broad SMARTS) is 1. The standard InChI is InChI=1S/C15H27N3O2/c1-13-14(2)18(17-16-13)12-10-8-6-4-3-5-7-9-11-15(19)20/h3-12H2,1-2H3,(H,19,20)/p+1. The summed E-state index contributed by atoms with van der Waals surface area (Å²) in [6.07, 6.45) is 9.56. The van der Waals surface area contributed by atoms with Crippen LogP contribution in [0.1, 0.15) is 69.2 Å². The molecule has 0 bridgehead atoms. The van der Waals surface area contributed by atoms with Crippen LogP contribution in [0.2, 0.25) is 0 Å². The van der Waals surface area contributed by atoms with E-state index in [9.17, 15) is 4.79 Å². The van der Waals surface area contributed by atoms with Gasteiger partial charge in [-0.15, -0.1) is 0 Å². The lowest BCUT2D eigenvalue weighted by Crippen LogP contribution is -2.38. The average molecular weight is 282 g/mol. The van der Waals surface area contributed by atoms with Crippen molar-refractivity contribution < 1.29 is 14.6 Å². The maximum atomic E-state index is 10.3. The second-order valence-electron chi connectivity index (χ2n) is 5.51. The van der Waals surface area contributed by atoms with E-state index >= 15 is 0 Å². The number of nitrogens with one attached hydrogen (secondary N) is 1. The zero-order valence-electron chi connectivity index (χ0n) is 12.8. The van der Waals surface area contributed by atoms with Crippen molar-refractivity contribution in [3.05, 3.63) is 11.4 Å². The fraction of sp³-hybridized carbons (Fsp3) is 0.800. The van der Waals surface area contributed by atoms with Gasteiger partial charge in [-0.3, -0.25) is 4.79 Å². The first-order valence-electron chi connectivity index (χ1n) is 7.74. The van der Waals surface area contributed by atoms with Crippen LogP contribution in [0.5, 0.6) is 0 Å². The highest BCUT2D eigenvalue weighted by Crippen LogP contribution is 2.09. The molecule has 1 aromatic heterocycles. The van der Waals surface area contributed by atoms with Crippen LogP contribution in [0.3, 0.4) is 0 Å². The van der Waals surface area contributed by atoms with Gasteiger partial charge in [0.2, 0.25) is 5.69 Å². The summed E-state index contributed by atoms with van der Waals surface area (Å²) in [5.74, 6) is -0.674. The van der Waals surface area contributed by atoms with Crippen LogP contribution in [0, 0.1) is 13.8 Å². The Morgan fingerprint density at radius 1 is 1.05 bits per heavy atom. The number of aliphatic carboxylic acids is 1. The summed E-state index contributed by atoms with van der Waals surface area (Å²) >= 11 is 0. The van der Waals surface area contributed by atoms with E-state index in [1.165, 1.54) is 44.2 Å². The van der Waals surface area contributed by atoms with Crippen LogP contribution in [-0.4, -0.2) is 21.4 Å². The molecule has 0 aliphatic heterocycles. The second kappa shape index (κ2) is 9.50. The summed E-state index contributed by atoms with van der Waals surface area (Å²) in [5, 5.41) is 15.7. The van der Waals surface area contributed by atoms with Gasteiger partial charge < -0.3 is 5.11 Å². The van der Waals surface area contributed by atoms with E-state index in [1.807, 2.05) is 6.92 Å². The molecule has 0 saturated heterocycles. The van der Waals surface area contributed by atoms with Gasteiger partial charge in [0.25, 0.3) is 0 Å². The minimum absolute atomic E-state index is 0.320. The third-order valence-electron chi connectivity index (χ3n) is 3.79. The number of rotatable bonds is 11. The molecule has 0 atom stereocenters. The number of carbonyl (C=O) groups is 1. The molecule has 0 aromatic carbocycles. The van der Waals surface area contributed by atoms with Gasteiger partial charge in [-0.1, -0.05) is 37.3 Å². The fourth-order valence-electron chi connectivity index (χ4n) is 2.31. The van der Waals surface area contributed by atoms with E-state index in [1.54, 1.807) is 0 Å². The zero-order valence-corrected chi connectivity index (χ0v) is 12.8. The molecule has 0 spiro atoms. The quantitative estimate of drug-likeness (QED) is 0.484. The zero-order chi connectivity index (χ0) is 14.8. The Morgan fingerprint density at radius 3 is 2.10 bits per heavy atom. The van der Waals surface area contributed by atoms with Crippen LogP contribution >= 0.6 is 0 Å². The van der Waals surface area contributed by atoms with Crippen molar-refractivity contribution in [1.82, 2.24) is 10.3 Å². The molecule has 1 heterocycles. The number of aromatic nitrogens is 3. The molecule has 5 nitrogen and oxygen atoms in total. The average Bonchev–Trinajstić information content (AvgIpc) is 2.72. The highest BCUT2D eigenvalue weighted by atomic mass is 16.4. The van der Waals surface area contributed by atoms with Crippen molar-refractivity contribution in [2.24, 2.45) is 0 Å². The molecule has 5 heteroatoms. The molecule has 0 unspecified atom stereocenters. The number of H-pyrrole nitrogens is 1. The third kappa shape index (κ3) is 6.68. The summed E-state index contributed by atoms with van der Waals surface area (Å²) in [7, 11) is 0. The van der Waals surface area contributed by atoms with E-state index < -0.39 is 5.97 Å². The fourth-order valence-corrected chi connectivity index (χ4v) is 2.31. The molecule has 0 radical (unpaired) electrons. The van der Waals surface area contributed by atoms with Crippen molar-refractivity contribution in [1.29, 1.82) is 0 Å². The summed E-state index contributed by atoms with van der Waals surface area (Å²) in [6, 6.07) is 0. The van der Waals surface area contributed by atoms with Gasteiger partial charge in [-0.25, -0.2) is 0 Å². The Morgan fingerprint density at radius 2 is 1.60 bits per heavy atom. The van der Waals surface area contributed by atoms with E-state index in [2.05, 4.69) is 21.9 Å². The molecule has 0 aliphatic rings. The number of aryl methyl sites for hydroxylation is 2. The number of aromatic amines is 1. The topological polar surface area (TPSA) is 69.9 Å². The smallest absolute Gasteiger partial charge is 0.303 e. The van der Waals surface area contributed by atoms with E-state index in [0.717, 1.165) is 25.1 Å². The summed E-state index contributed by atoms with van der Waals surface area (Å²) in [6.45, 7) is 5.13. The van der Waals surface area contributed by atoms with Gasteiger partial charge in [0.1, 0.15) is 6.54 Å². The first-order chi connectivity index (χ1) is 9.61. The lowest BCUT2D eigenvalue weighted by atomic mass is 10.1. The van der Waals surface area contributed by atoms with Crippen LogP contribution < -0.4 is 4.68 Å². The van der Waals surface area contributed by atoms with Gasteiger partial charge in [-0.2, -0.15) is 4.68 Å². The number of unbranched alkanes of at least 4 members (excludes halogenated alkanes) is 7. The van der Waals surface area contributed by atoms with Gasteiger partial charge in [0.15, 0.2) is 5.69 Å². The van der Waals surface area contributed by atoms with Gasteiger partial charge in [0.05, 0.1) is 0 Å². The maximum Gasteiger partial charge on any atom is 0.303 e. The number of carboxylic acids is 1. The Bertz CT molecular complexity index is 402. The Hall–Kier alpha value is -1.39. The number of hydrogen-bond acceptors (Lipinski definition) is 2. The highest BCUT2D eigenvalue weighted by molar-refractivity contribution is 5.66. The molecule has 114 valence electrons. The predicted octanol–water partition coefficient (Wildman–Crippen LogP) is 2.91. The number of hydrogen-bond donors (Lipinski definition) is 2. The third-order valence-corrected chi connectivity index (χ3v) is 3.79. The SMILES string of the molecule is Cc1n[nH][n+](CCCCCCCCCCC(=O)O)c1C. The monoisotopic (exact) mass is 282 g/mol. The van der Waals surface area contributed by atoms with Crippen LogP contribution in [0.25, 0.3) is 0 Å². The molecule has 0 fully saturated rings. The summed E-state index contributed by atoms with van der Waals surface area (Å²) in [4.78, 5) is 10.3. The van der Waals surface area contributed by atoms with Gasteiger partial charge in [0, 0.05) is 25.4 Å². The first-order valence-corrected chi connectivity index (χ1v) is 7.74. The van der Waals surface area contributed by atoms with Crippen molar-refractivity contribution in [2.75, 3.05) is 0 Å². The predicted molar refractivity (Wildman–Crippen MR) is 77.4 cm³/mol. The van der Waals surface area contributed by atoms with E-state index in [4.69, 9.17) is 5.11 Å². The van der Waals surface area contributed by atoms with Crippen LogP contribution in [0.15, 0.2) is 0 Å². The Kier molecular flexibility index (Phi) is 7.92. The molecule has 1 rings (SSSR count). The highest BCUT2D eigenvalue weighted by Gasteiger charge is 2.10. The normalized spacial score (nSPS) is 10.9. The molecule has 0 amide bonds. The second-order valence-corrected chi connectivity index (χ2v) is 5.51. The molecule has 2 N–H and O–H groups in total. The van der Waals surface area contributed by atoms with Gasteiger partial charge >= 0.3 is 5.97 Å². The van der Waals surface area contributed by atoms with Crippen molar-refractivity contribution >= 4 is 5.97 Å². The van der Waals surface area contributed by atoms with Gasteiger partial charge in [-0.05, 0) is 19.3 Å².